The van der Waals surface area contributed by atoms with Crippen LogP contribution in [0.15, 0.2) is 30.3 Å². The Hall–Kier alpha value is -1.59. The van der Waals surface area contributed by atoms with E-state index in [-0.39, 0.29) is 10.8 Å². The zero-order valence-corrected chi connectivity index (χ0v) is 9.52. The lowest BCUT2D eigenvalue weighted by molar-refractivity contribution is 0.0371. The van der Waals surface area contributed by atoms with Crippen LogP contribution in [0.3, 0.4) is 0 Å². The first kappa shape index (κ1) is 9.44. The van der Waals surface area contributed by atoms with Gasteiger partial charge in [0.2, 0.25) is 0 Å². The first-order valence-corrected chi connectivity index (χ1v) is 6.10. The molecule has 1 heterocycles. The van der Waals surface area contributed by atoms with Crippen molar-refractivity contribution >= 4 is 6.08 Å². The van der Waals surface area contributed by atoms with Crippen molar-refractivity contribution in [2.24, 2.45) is 11.3 Å². The van der Waals surface area contributed by atoms with Gasteiger partial charge in [0.15, 0.2) is 0 Å². The van der Waals surface area contributed by atoms with Gasteiger partial charge >= 0.3 is 0 Å². The van der Waals surface area contributed by atoms with Crippen molar-refractivity contribution < 1.29 is 4.74 Å². The van der Waals surface area contributed by atoms with Crippen LogP contribution in [0.1, 0.15) is 17.5 Å². The van der Waals surface area contributed by atoms with Crippen LogP contribution in [0.5, 0.6) is 0 Å². The standard InChI is InChI=1S/C15H13NO/c16-9-15-7-12-8-17-10-14(12,15)6-5-11-3-1-2-4-13(11)15/h1-6,12H,7-8,10H2/t12-,14?,15?/m0/s1. The van der Waals surface area contributed by atoms with Crippen LogP contribution in [-0.4, -0.2) is 13.2 Å². The third kappa shape index (κ3) is 0.840. The topological polar surface area (TPSA) is 33.0 Å². The number of hydrogen-bond acceptors (Lipinski definition) is 2. The van der Waals surface area contributed by atoms with Gasteiger partial charge in [-0.15, -0.1) is 0 Å². The molecule has 2 aliphatic carbocycles. The lowest BCUT2D eigenvalue weighted by atomic mass is 9.41. The summed E-state index contributed by atoms with van der Waals surface area (Å²) in [6.07, 6.45) is 5.36. The molecule has 4 rings (SSSR count). The van der Waals surface area contributed by atoms with Gasteiger partial charge in [-0.25, -0.2) is 0 Å². The van der Waals surface area contributed by atoms with Crippen molar-refractivity contribution in [1.82, 2.24) is 0 Å². The second kappa shape index (κ2) is 2.80. The molecular formula is C15H13NO. The maximum absolute atomic E-state index is 9.72. The van der Waals surface area contributed by atoms with Crippen LogP contribution >= 0.6 is 0 Å². The third-order valence-electron chi connectivity index (χ3n) is 4.91. The average molecular weight is 223 g/mol. The van der Waals surface area contributed by atoms with Gasteiger partial charge in [-0.2, -0.15) is 5.26 Å². The molecule has 84 valence electrons. The summed E-state index contributed by atoms with van der Waals surface area (Å²) in [6.45, 7) is 1.52. The van der Waals surface area contributed by atoms with E-state index in [2.05, 4.69) is 30.4 Å². The minimum atomic E-state index is -0.334. The third-order valence-corrected chi connectivity index (χ3v) is 4.91. The number of rotatable bonds is 0. The SMILES string of the molecule is N#CC12C[C@H]3COCC31C=Cc1ccccc12. The fraction of sp³-hybridized carbons (Fsp3) is 0.400. The second-order valence-electron chi connectivity index (χ2n) is 5.39. The Bertz CT molecular complexity index is 571. The van der Waals surface area contributed by atoms with Crippen LogP contribution in [-0.2, 0) is 10.2 Å². The van der Waals surface area contributed by atoms with Crippen molar-refractivity contribution in [3.05, 3.63) is 41.5 Å². The van der Waals surface area contributed by atoms with E-state index < -0.39 is 0 Å². The first-order valence-electron chi connectivity index (χ1n) is 6.10. The number of nitrogens with zero attached hydrogens (tertiary/aromatic N) is 1. The highest BCUT2D eigenvalue weighted by atomic mass is 16.5. The Kier molecular flexibility index (Phi) is 1.56. The van der Waals surface area contributed by atoms with Gasteiger partial charge < -0.3 is 4.74 Å². The minimum absolute atomic E-state index is 0.0455. The molecule has 2 heteroatoms. The summed E-state index contributed by atoms with van der Waals surface area (Å²) in [5.41, 5.74) is 2.02. The highest BCUT2D eigenvalue weighted by Crippen LogP contribution is 2.67. The van der Waals surface area contributed by atoms with E-state index in [1.54, 1.807) is 0 Å². The zero-order chi connectivity index (χ0) is 11.5. The number of nitriles is 1. The predicted molar refractivity (Wildman–Crippen MR) is 64.1 cm³/mol. The molecule has 1 aliphatic heterocycles. The molecule has 17 heavy (non-hydrogen) atoms. The zero-order valence-electron chi connectivity index (χ0n) is 9.52. The summed E-state index contributed by atoms with van der Waals surface area (Å²) in [7, 11) is 0. The fourth-order valence-corrected chi connectivity index (χ4v) is 3.94. The minimum Gasteiger partial charge on any atom is -0.380 e. The van der Waals surface area contributed by atoms with Crippen molar-refractivity contribution in [3.63, 3.8) is 0 Å². The molecule has 3 aliphatic rings. The lowest BCUT2D eigenvalue weighted by Crippen LogP contribution is -2.60. The monoisotopic (exact) mass is 223 g/mol. The Morgan fingerprint density at radius 2 is 2.24 bits per heavy atom. The average Bonchev–Trinajstić information content (AvgIpc) is 2.67. The number of fused-ring (bicyclic) bond motifs is 2. The number of ether oxygens (including phenoxy) is 1. The Labute approximate surface area is 101 Å². The van der Waals surface area contributed by atoms with Crippen molar-refractivity contribution in [1.29, 1.82) is 5.26 Å². The van der Waals surface area contributed by atoms with Gasteiger partial charge in [-0.1, -0.05) is 36.4 Å². The Balaban J connectivity index is 1.99. The Morgan fingerprint density at radius 1 is 1.35 bits per heavy atom. The van der Waals surface area contributed by atoms with Crippen molar-refractivity contribution in [2.75, 3.05) is 13.2 Å². The molecule has 2 unspecified atom stereocenters. The highest BCUT2D eigenvalue weighted by Gasteiger charge is 2.69. The van der Waals surface area contributed by atoms with Crippen LogP contribution in [0.4, 0.5) is 0 Å². The van der Waals surface area contributed by atoms with Gasteiger partial charge in [0.25, 0.3) is 0 Å². The summed E-state index contributed by atoms with van der Waals surface area (Å²) in [5, 5.41) is 9.72. The molecule has 1 spiro atoms. The molecule has 2 fully saturated rings. The van der Waals surface area contributed by atoms with E-state index in [0.717, 1.165) is 13.0 Å². The van der Waals surface area contributed by atoms with Gasteiger partial charge in [0, 0.05) is 5.41 Å². The molecule has 0 radical (unpaired) electrons. The van der Waals surface area contributed by atoms with E-state index in [1.807, 2.05) is 12.1 Å². The molecular weight excluding hydrogens is 210 g/mol. The summed E-state index contributed by atoms with van der Waals surface area (Å²) in [4.78, 5) is 0. The first-order chi connectivity index (χ1) is 8.32. The summed E-state index contributed by atoms with van der Waals surface area (Å²) >= 11 is 0. The summed E-state index contributed by atoms with van der Waals surface area (Å²) < 4.78 is 5.63. The van der Waals surface area contributed by atoms with Crippen LogP contribution in [0.2, 0.25) is 0 Å². The van der Waals surface area contributed by atoms with Gasteiger partial charge in [-0.3, -0.25) is 0 Å². The number of benzene rings is 1. The molecule has 1 saturated carbocycles. The molecule has 0 aromatic heterocycles. The van der Waals surface area contributed by atoms with E-state index >= 15 is 0 Å². The van der Waals surface area contributed by atoms with Crippen LogP contribution in [0.25, 0.3) is 6.08 Å². The summed E-state index contributed by atoms with van der Waals surface area (Å²) in [6, 6.07) is 10.9. The molecule has 1 saturated heterocycles. The molecule has 3 atom stereocenters. The molecule has 0 bridgehead atoms. The normalized spacial score (nSPS) is 40.8. The second-order valence-corrected chi connectivity index (χ2v) is 5.39. The van der Waals surface area contributed by atoms with E-state index in [9.17, 15) is 5.26 Å². The van der Waals surface area contributed by atoms with Gasteiger partial charge in [-0.05, 0) is 23.5 Å². The van der Waals surface area contributed by atoms with E-state index in [0.29, 0.717) is 12.5 Å². The van der Waals surface area contributed by atoms with Crippen LogP contribution < -0.4 is 0 Å². The predicted octanol–water partition coefficient (Wildman–Crippen LogP) is 2.51. The number of hydrogen-bond donors (Lipinski definition) is 0. The molecule has 0 amide bonds. The molecule has 1 aromatic rings. The van der Waals surface area contributed by atoms with Gasteiger partial charge in [0.1, 0.15) is 0 Å². The largest absolute Gasteiger partial charge is 0.380 e. The van der Waals surface area contributed by atoms with Gasteiger partial charge in [0.05, 0.1) is 24.7 Å². The van der Waals surface area contributed by atoms with Crippen molar-refractivity contribution in [2.45, 2.75) is 11.8 Å². The molecule has 1 aromatic carbocycles. The fourth-order valence-electron chi connectivity index (χ4n) is 3.94. The lowest BCUT2D eigenvalue weighted by Gasteiger charge is -2.57. The maximum atomic E-state index is 9.72. The Morgan fingerprint density at radius 3 is 3.06 bits per heavy atom. The van der Waals surface area contributed by atoms with Crippen LogP contribution in [0, 0.1) is 22.7 Å². The highest BCUT2D eigenvalue weighted by molar-refractivity contribution is 5.66. The smallest absolute Gasteiger partial charge is 0.0948 e. The van der Waals surface area contributed by atoms with Crippen molar-refractivity contribution in [3.8, 4) is 6.07 Å². The van der Waals surface area contributed by atoms with E-state index in [1.165, 1.54) is 11.1 Å². The van der Waals surface area contributed by atoms with E-state index in [4.69, 9.17) is 4.74 Å². The molecule has 2 nitrogen and oxygen atoms in total. The summed E-state index contributed by atoms with van der Waals surface area (Å²) in [5.74, 6) is 0.534. The maximum Gasteiger partial charge on any atom is 0.0948 e. The quantitative estimate of drug-likeness (QED) is 0.677. The molecule has 0 N–H and O–H groups in total.